The molecule has 0 atom stereocenters. The number of anilines is 1. The van der Waals surface area contributed by atoms with Gasteiger partial charge in [-0.3, -0.25) is 0 Å². The van der Waals surface area contributed by atoms with Crippen LogP contribution in [0.3, 0.4) is 0 Å². The van der Waals surface area contributed by atoms with E-state index in [4.69, 9.17) is 5.26 Å². The smallest absolute Gasteiger partial charge is 0.226 e. The molecule has 6 nitrogen and oxygen atoms in total. The third-order valence-corrected chi connectivity index (χ3v) is 4.50. The minimum atomic E-state index is -3.68. The normalized spacial score (nSPS) is 12.9. The van der Waals surface area contributed by atoms with Crippen LogP contribution in [0, 0.1) is 11.3 Å². The number of nitrogens with zero attached hydrogens (tertiary/aromatic N) is 3. The van der Waals surface area contributed by atoms with Crippen LogP contribution in [0.25, 0.3) is 0 Å². The van der Waals surface area contributed by atoms with Gasteiger partial charge < -0.3 is 5.32 Å². The molecule has 0 bridgehead atoms. The minimum absolute atomic E-state index is 0.231. The maximum atomic E-state index is 12.0. The summed E-state index contributed by atoms with van der Waals surface area (Å²) in [4.78, 5) is 7.37. The molecule has 0 aliphatic rings. The second-order valence-corrected chi connectivity index (χ2v) is 7.12. The molecule has 0 fully saturated rings. The van der Waals surface area contributed by atoms with Crippen LogP contribution >= 0.6 is 0 Å². The van der Waals surface area contributed by atoms with Gasteiger partial charge in [-0.05, 0) is 26.8 Å². The highest BCUT2D eigenvalue weighted by atomic mass is 32.2. The lowest BCUT2D eigenvalue weighted by Crippen LogP contribution is -2.29. The number of hydrogen-bond donors (Lipinski definition) is 1. The van der Waals surface area contributed by atoms with Crippen molar-refractivity contribution in [3.05, 3.63) is 29.6 Å². The first kappa shape index (κ1) is 14.1. The molecule has 0 saturated heterocycles. The van der Waals surface area contributed by atoms with E-state index in [9.17, 15) is 8.42 Å². The first-order valence-electron chi connectivity index (χ1n) is 5.17. The first-order chi connectivity index (χ1) is 8.29. The van der Waals surface area contributed by atoms with Crippen molar-refractivity contribution in [1.29, 1.82) is 5.26 Å². The van der Waals surface area contributed by atoms with Gasteiger partial charge in [0.15, 0.2) is 14.7 Å². The van der Waals surface area contributed by atoms with E-state index in [1.807, 2.05) is 0 Å². The summed E-state index contributed by atoms with van der Waals surface area (Å²) in [5.74, 6) is 0.231. The molecule has 1 heterocycles. The van der Waals surface area contributed by atoms with Crippen LogP contribution in [0.5, 0.6) is 0 Å². The van der Waals surface area contributed by atoms with Crippen LogP contribution in [-0.4, -0.2) is 23.1 Å². The van der Waals surface area contributed by atoms with E-state index in [2.05, 4.69) is 15.3 Å². The molecule has 7 heteroatoms. The fraction of sp³-hybridized carbons (Fsp3) is 0.364. The van der Waals surface area contributed by atoms with Gasteiger partial charge in [-0.15, -0.1) is 0 Å². The molecule has 0 saturated carbocycles. The van der Waals surface area contributed by atoms with E-state index in [1.54, 1.807) is 12.1 Å². The van der Waals surface area contributed by atoms with Gasteiger partial charge in [-0.1, -0.05) is 0 Å². The zero-order valence-electron chi connectivity index (χ0n) is 10.4. The monoisotopic (exact) mass is 266 g/mol. The molecule has 0 amide bonds. The van der Waals surface area contributed by atoms with Crippen molar-refractivity contribution >= 4 is 15.8 Å². The molecule has 1 aromatic heterocycles. The van der Waals surface area contributed by atoms with Crippen LogP contribution in [0.1, 0.15) is 20.8 Å². The van der Waals surface area contributed by atoms with Gasteiger partial charge in [0, 0.05) is 18.6 Å². The third kappa shape index (κ3) is 3.05. The fourth-order valence-electron chi connectivity index (χ4n) is 1.00. The quantitative estimate of drug-likeness (QED) is 0.832. The fourth-order valence-corrected chi connectivity index (χ4v) is 2.00. The predicted octanol–water partition coefficient (Wildman–Crippen LogP) is 1.47. The van der Waals surface area contributed by atoms with Gasteiger partial charge in [-0.2, -0.15) is 5.26 Å². The topological polar surface area (TPSA) is 95.7 Å². The Morgan fingerprint density at radius 2 is 1.94 bits per heavy atom. The third-order valence-electron chi connectivity index (χ3n) is 2.10. The first-order valence-corrected chi connectivity index (χ1v) is 6.66. The average Bonchev–Trinajstić information content (AvgIpc) is 2.29. The van der Waals surface area contributed by atoms with E-state index >= 15 is 0 Å². The van der Waals surface area contributed by atoms with E-state index < -0.39 is 14.6 Å². The van der Waals surface area contributed by atoms with Crippen molar-refractivity contribution in [2.75, 3.05) is 5.32 Å². The molecule has 0 unspecified atom stereocenters. The zero-order chi connectivity index (χ0) is 13.8. The highest BCUT2D eigenvalue weighted by Crippen LogP contribution is 2.22. The highest BCUT2D eigenvalue weighted by molar-refractivity contribution is 7.96. The molecule has 18 heavy (non-hydrogen) atoms. The van der Waals surface area contributed by atoms with Crippen molar-refractivity contribution in [2.45, 2.75) is 25.5 Å². The van der Waals surface area contributed by atoms with Crippen LogP contribution in [0.2, 0.25) is 0 Å². The largest absolute Gasteiger partial charge is 0.329 e. The molecule has 1 rings (SSSR count). The Labute approximate surface area is 106 Å². The standard InChI is InChI=1S/C11H14N4O2S/c1-11(2,3)18(16,17)9(7-12)8-15-10-13-5-4-6-14-10/h4-6,8H,1-3H3,(H,13,14,15). The number of nitriles is 1. The zero-order valence-corrected chi connectivity index (χ0v) is 11.2. The van der Waals surface area contributed by atoms with Crippen molar-refractivity contribution in [3.63, 3.8) is 0 Å². The van der Waals surface area contributed by atoms with Gasteiger partial charge in [0.25, 0.3) is 0 Å². The Morgan fingerprint density at radius 3 is 2.39 bits per heavy atom. The van der Waals surface area contributed by atoms with Gasteiger partial charge in [0.05, 0.1) is 4.75 Å². The van der Waals surface area contributed by atoms with Crippen LogP contribution in [-0.2, 0) is 9.84 Å². The summed E-state index contributed by atoms with van der Waals surface area (Å²) >= 11 is 0. The van der Waals surface area contributed by atoms with Gasteiger partial charge in [-0.25, -0.2) is 18.4 Å². The molecule has 0 aromatic carbocycles. The second kappa shape index (κ2) is 5.14. The average molecular weight is 266 g/mol. The van der Waals surface area contributed by atoms with Crippen LogP contribution in [0.15, 0.2) is 29.6 Å². The van der Waals surface area contributed by atoms with Crippen molar-refractivity contribution in [1.82, 2.24) is 9.97 Å². The molecule has 0 radical (unpaired) electrons. The van der Waals surface area contributed by atoms with E-state index in [0.29, 0.717) is 0 Å². The van der Waals surface area contributed by atoms with Crippen molar-refractivity contribution in [2.24, 2.45) is 0 Å². The maximum Gasteiger partial charge on any atom is 0.226 e. The Kier molecular flexibility index (Phi) is 4.03. The van der Waals surface area contributed by atoms with Gasteiger partial charge >= 0.3 is 0 Å². The van der Waals surface area contributed by atoms with E-state index in [1.165, 1.54) is 33.2 Å². The molecule has 1 aromatic rings. The Hall–Kier alpha value is -1.94. The summed E-state index contributed by atoms with van der Waals surface area (Å²) < 4.78 is 23.0. The summed E-state index contributed by atoms with van der Waals surface area (Å²) in [5.41, 5.74) is 0. The summed E-state index contributed by atoms with van der Waals surface area (Å²) in [6, 6.07) is 3.31. The number of sulfone groups is 1. The maximum absolute atomic E-state index is 12.0. The summed E-state index contributed by atoms with van der Waals surface area (Å²) in [5, 5.41) is 11.5. The summed E-state index contributed by atoms with van der Waals surface area (Å²) in [6.07, 6.45) is 4.12. The summed E-state index contributed by atoms with van der Waals surface area (Å²) in [7, 11) is -3.68. The number of rotatable bonds is 3. The van der Waals surface area contributed by atoms with E-state index in [0.717, 1.165) is 6.20 Å². The minimum Gasteiger partial charge on any atom is -0.329 e. The van der Waals surface area contributed by atoms with Crippen molar-refractivity contribution in [3.8, 4) is 6.07 Å². The number of hydrogen-bond acceptors (Lipinski definition) is 6. The molecule has 1 N–H and O–H groups in total. The SMILES string of the molecule is CC(C)(C)S(=O)(=O)C(C#N)=CNc1ncccn1. The number of aromatic nitrogens is 2. The van der Waals surface area contributed by atoms with Crippen LogP contribution in [0.4, 0.5) is 5.95 Å². The number of nitrogens with one attached hydrogen (secondary N) is 1. The lowest BCUT2D eigenvalue weighted by Gasteiger charge is -2.18. The number of allylic oxidation sites excluding steroid dienone is 1. The predicted molar refractivity (Wildman–Crippen MR) is 68.0 cm³/mol. The Bertz CT molecular complexity index is 580. The second-order valence-electron chi connectivity index (χ2n) is 4.45. The van der Waals surface area contributed by atoms with Crippen molar-refractivity contribution < 1.29 is 8.42 Å². The molecular formula is C11H14N4O2S. The lowest BCUT2D eigenvalue weighted by molar-refractivity contribution is 0.568. The Morgan fingerprint density at radius 1 is 1.39 bits per heavy atom. The highest BCUT2D eigenvalue weighted by Gasteiger charge is 2.33. The lowest BCUT2D eigenvalue weighted by atomic mass is 10.3. The molecule has 0 spiro atoms. The van der Waals surface area contributed by atoms with Gasteiger partial charge in [0.1, 0.15) is 6.07 Å². The summed E-state index contributed by atoms with van der Waals surface area (Å²) in [6.45, 7) is 4.60. The molecular weight excluding hydrogens is 252 g/mol. The molecule has 0 aliphatic carbocycles. The Balaban J connectivity index is 3.04. The van der Waals surface area contributed by atoms with Crippen LogP contribution < -0.4 is 5.32 Å². The van der Waals surface area contributed by atoms with E-state index in [-0.39, 0.29) is 10.9 Å². The molecule has 0 aliphatic heterocycles. The van der Waals surface area contributed by atoms with Gasteiger partial charge in [0.2, 0.25) is 5.95 Å². The molecule has 96 valence electrons.